The number of nitrogen functional groups attached to an aromatic ring is 1. The van der Waals surface area contributed by atoms with Gasteiger partial charge in [0, 0.05) is 10.7 Å². The SMILES string of the molecule is CCOc1cc([C@@H](CS(C)(=O)=O)Nc2ccc(Br)cc2N)ccc1OC. The minimum atomic E-state index is -3.24. The van der Waals surface area contributed by atoms with E-state index in [1.165, 1.54) is 6.26 Å². The van der Waals surface area contributed by atoms with Crippen molar-refractivity contribution in [3.8, 4) is 11.5 Å². The molecule has 6 nitrogen and oxygen atoms in total. The quantitative estimate of drug-likeness (QED) is 0.606. The molecule has 2 rings (SSSR count). The van der Waals surface area contributed by atoms with Crippen molar-refractivity contribution in [2.24, 2.45) is 0 Å². The summed E-state index contributed by atoms with van der Waals surface area (Å²) in [5.41, 5.74) is 8.00. The molecule has 2 aromatic carbocycles. The van der Waals surface area contributed by atoms with Crippen LogP contribution in [0.15, 0.2) is 40.9 Å². The van der Waals surface area contributed by atoms with E-state index < -0.39 is 15.9 Å². The minimum Gasteiger partial charge on any atom is -0.493 e. The Balaban J connectivity index is 2.42. The lowest BCUT2D eigenvalue weighted by Crippen LogP contribution is -2.21. The molecule has 0 spiro atoms. The van der Waals surface area contributed by atoms with Gasteiger partial charge in [0.15, 0.2) is 11.5 Å². The lowest BCUT2D eigenvalue weighted by atomic mass is 10.1. The second-order valence-corrected chi connectivity index (χ2v) is 8.96. The second kappa shape index (κ2) is 8.64. The summed E-state index contributed by atoms with van der Waals surface area (Å²) in [6.45, 7) is 2.35. The molecule has 2 aromatic rings. The third-order valence-electron chi connectivity index (χ3n) is 3.70. The summed E-state index contributed by atoms with van der Waals surface area (Å²) < 4.78 is 35.6. The highest BCUT2D eigenvalue weighted by Gasteiger charge is 2.20. The Morgan fingerprint density at radius 2 is 1.92 bits per heavy atom. The third-order valence-corrected chi connectivity index (χ3v) is 5.13. The molecule has 8 heteroatoms. The topological polar surface area (TPSA) is 90.7 Å². The molecule has 0 heterocycles. The van der Waals surface area contributed by atoms with Crippen molar-refractivity contribution < 1.29 is 17.9 Å². The zero-order valence-corrected chi connectivity index (χ0v) is 17.4. The Labute approximate surface area is 162 Å². The van der Waals surface area contributed by atoms with Gasteiger partial charge in [-0.3, -0.25) is 0 Å². The molecule has 142 valence electrons. The maximum Gasteiger partial charge on any atom is 0.161 e. The van der Waals surface area contributed by atoms with Gasteiger partial charge < -0.3 is 20.5 Å². The summed E-state index contributed by atoms with van der Waals surface area (Å²) in [5.74, 6) is 1.08. The molecule has 0 radical (unpaired) electrons. The molecule has 0 fully saturated rings. The van der Waals surface area contributed by atoms with E-state index in [9.17, 15) is 8.42 Å². The molecule has 0 saturated heterocycles. The van der Waals surface area contributed by atoms with Crippen LogP contribution in [0, 0.1) is 0 Å². The fourth-order valence-corrected chi connectivity index (χ4v) is 3.82. The standard InChI is InChI=1S/C18H23BrN2O4S/c1-4-25-18-9-12(5-8-17(18)24-2)16(11-26(3,22)23)21-15-7-6-13(19)10-14(15)20/h5-10,16,21H,4,11,20H2,1-3H3/t16-/m1/s1. The number of anilines is 2. The molecular formula is C18H23BrN2O4S. The number of halogens is 1. The highest BCUT2D eigenvalue weighted by atomic mass is 79.9. The normalized spacial score (nSPS) is 12.5. The number of hydrogen-bond donors (Lipinski definition) is 2. The van der Waals surface area contributed by atoms with Gasteiger partial charge in [0.2, 0.25) is 0 Å². The number of rotatable bonds is 8. The van der Waals surface area contributed by atoms with Crippen molar-refractivity contribution in [1.29, 1.82) is 0 Å². The maximum absolute atomic E-state index is 11.9. The summed E-state index contributed by atoms with van der Waals surface area (Å²) in [5, 5.41) is 3.23. The van der Waals surface area contributed by atoms with E-state index in [1.807, 2.05) is 25.1 Å². The highest BCUT2D eigenvalue weighted by Crippen LogP contribution is 2.33. The maximum atomic E-state index is 11.9. The molecule has 1 atom stereocenters. The van der Waals surface area contributed by atoms with Crippen LogP contribution in [-0.4, -0.2) is 34.1 Å². The second-order valence-electron chi connectivity index (χ2n) is 5.86. The van der Waals surface area contributed by atoms with Gasteiger partial charge >= 0.3 is 0 Å². The summed E-state index contributed by atoms with van der Waals surface area (Å²) in [6.07, 6.45) is 1.21. The Bertz CT molecular complexity index is 871. The molecule has 0 bridgehead atoms. The Morgan fingerprint density at radius 1 is 1.19 bits per heavy atom. The molecule has 0 unspecified atom stereocenters. The van der Waals surface area contributed by atoms with Crippen LogP contribution < -0.4 is 20.5 Å². The number of benzene rings is 2. The minimum absolute atomic E-state index is 0.0829. The predicted octanol–water partition coefficient (Wildman–Crippen LogP) is 3.64. The number of methoxy groups -OCH3 is 1. The van der Waals surface area contributed by atoms with Gasteiger partial charge in [0.25, 0.3) is 0 Å². The van der Waals surface area contributed by atoms with Crippen molar-refractivity contribution in [3.63, 3.8) is 0 Å². The van der Waals surface area contributed by atoms with E-state index in [1.54, 1.807) is 25.3 Å². The smallest absolute Gasteiger partial charge is 0.161 e. The van der Waals surface area contributed by atoms with E-state index in [4.69, 9.17) is 15.2 Å². The number of hydrogen-bond acceptors (Lipinski definition) is 6. The van der Waals surface area contributed by atoms with Crippen LogP contribution in [0.2, 0.25) is 0 Å². The van der Waals surface area contributed by atoms with E-state index in [2.05, 4.69) is 21.2 Å². The molecule has 0 saturated carbocycles. The van der Waals surface area contributed by atoms with E-state index >= 15 is 0 Å². The fraction of sp³-hybridized carbons (Fsp3) is 0.333. The van der Waals surface area contributed by atoms with Crippen LogP contribution >= 0.6 is 15.9 Å². The van der Waals surface area contributed by atoms with Crippen LogP contribution in [0.5, 0.6) is 11.5 Å². The van der Waals surface area contributed by atoms with Gasteiger partial charge in [-0.05, 0) is 42.8 Å². The first-order valence-corrected chi connectivity index (χ1v) is 10.9. The van der Waals surface area contributed by atoms with Crippen molar-refractivity contribution in [3.05, 3.63) is 46.4 Å². The number of nitrogens with one attached hydrogen (secondary N) is 1. The Hall–Kier alpha value is -1.93. The van der Waals surface area contributed by atoms with Gasteiger partial charge in [-0.25, -0.2) is 8.42 Å². The summed E-state index contributed by atoms with van der Waals surface area (Å²) in [4.78, 5) is 0. The number of nitrogens with two attached hydrogens (primary N) is 1. The molecule has 0 amide bonds. The Kier molecular flexibility index (Phi) is 6.77. The van der Waals surface area contributed by atoms with Gasteiger partial charge in [-0.1, -0.05) is 22.0 Å². The third kappa shape index (κ3) is 5.54. The van der Waals surface area contributed by atoms with Gasteiger partial charge in [-0.2, -0.15) is 0 Å². The zero-order chi connectivity index (χ0) is 19.3. The van der Waals surface area contributed by atoms with Crippen molar-refractivity contribution >= 4 is 37.1 Å². The largest absolute Gasteiger partial charge is 0.493 e. The summed E-state index contributed by atoms with van der Waals surface area (Å²) >= 11 is 3.36. The summed E-state index contributed by atoms with van der Waals surface area (Å²) in [6, 6.07) is 10.3. The van der Waals surface area contributed by atoms with Crippen LogP contribution in [0.4, 0.5) is 11.4 Å². The monoisotopic (exact) mass is 442 g/mol. The van der Waals surface area contributed by atoms with Gasteiger partial charge in [0.1, 0.15) is 9.84 Å². The van der Waals surface area contributed by atoms with Gasteiger partial charge in [-0.15, -0.1) is 0 Å². The van der Waals surface area contributed by atoms with Gasteiger partial charge in [0.05, 0.1) is 36.9 Å². The first-order valence-electron chi connectivity index (χ1n) is 8.03. The van der Waals surface area contributed by atoms with Crippen LogP contribution in [0.25, 0.3) is 0 Å². The van der Waals surface area contributed by atoms with Crippen molar-refractivity contribution in [2.45, 2.75) is 13.0 Å². The van der Waals surface area contributed by atoms with E-state index in [-0.39, 0.29) is 5.75 Å². The van der Waals surface area contributed by atoms with Crippen LogP contribution in [0.1, 0.15) is 18.5 Å². The average Bonchev–Trinajstić information content (AvgIpc) is 2.55. The van der Waals surface area contributed by atoms with E-state index in [0.717, 1.165) is 10.0 Å². The molecule has 3 N–H and O–H groups in total. The zero-order valence-electron chi connectivity index (χ0n) is 15.0. The lowest BCUT2D eigenvalue weighted by molar-refractivity contribution is 0.310. The number of sulfone groups is 1. The average molecular weight is 443 g/mol. The van der Waals surface area contributed by atoms with Crippen molar-refractivity contribution in [2.75, 3.05) is 36.8 Å². The number of ether oxygens (including phenoxy) is 2. The van der Waals surface area contributed by atoms with Crippen LogP contribution in [0.3, 0.4) is 0 Å². The summed E-state index contributed by atoms with van der Waals surface area (Å²) in [7, 11) is -1.68. The predicted molar refractivity (Wildman–Crippen MR) is 109 cm³/mol. The van der Waals surface area contributed by atoms with Crippen molar-refractivity contribution in [1.82, 2.24) is 0 Å². The first kappa shape index (κ1) is 20.4. The molecule has 26 heavy (non-hydrogen) atoms. The molecule has 0 aliphatic rings. The highest BCUT2D eigenvalue weighted by molar-refractivity contribution is 9.10. The molecule has 0 aliphatic carbocycles. The fourth-order valence-electron chi connectivity index (χ4n) is 2.56. The van der Waals surface area contributed by atoms with E-state index in [0.29, 0.717) is 29.5 Å². The molecule has 0 aliphatic heterocycles. The first-order chi connectivity index (χ1) is 12.2. The van der Waals surface area contributed by atoms with Crippen LogP contribution in [-0.2, 0) is 9.84 Å². The molecule has 0 aromatic heterocycles. The molecular weight excluding hydrogens is 420 g/mol. The lowest BCUT2D eigenvalue weighted by Gasteiger charge is -2.22. The Morgan fingerprint density at radius 3 is 2.50 bits per heavy atom.